The molecule has 0 radical (unpaired) electrons. The normalized spacial score (nSPS) is 14.2. The highest BCUT2D eigenvalue weighted by atomic mass is 32.2. The summed E-state index contributed by atoms with van der Waals surface area (Å²) in [7, 11) is -1.99. The fraction of sp³-hybridized carbons (Fsp3) is 0.429. The number of methoxy groups -OCH3 is 1. The van der Waals surface area contributed by atoms with Gasteiger partial charge in [-0.2, -0.15) is 0 Å². The minimum atomic E-state index is -3.59. The van der Waals surface area contributed by atoms with Gasteiger partial charge < -0.3 is 15.0 Å². The van der Waals surface area contributed by atoms with E-state index in [0.717, 1.165) is 47.9 Å². The Kier molecular flexibility index (Phi) is 11.4. The standard InChI is InChI=1S/C35H45N3O5S/c1-26-19-20-27(2)32(22-26)38(44(4,41)42)21-11-18-34(39)37(25-29-14-10-17-31(23-29)43-3)33(24-28-12-6-5-7-13-28)35(40)36-30-15-8-9-16-30/h5-7,10,12-14,17,19-20,22-23,30,33H,8-9,11,15-16,18,21,24-25H2,1-4H3,(H,36,40). The summed E-state index contributed by atoms with van der Waals surface area (Å²) in [5.41, 5.74) is 4.22. The number of nitrogens with zero attached hydrogens (tertiary/aromatic N) is 2. The van der Waals surface area contributed by atoms with Crippen LogP contribution in [0.4, 0.5) is 5.69 Å². The minimum Gasteiger partial charge on any atom is -0.497 e. The van der Waals surface area contributed by atoms with Gasteiger partial charge in [-0.25, -0.2) is 8.42 Å². The highest BCUT2D eigenvalue weighted by molar-refractivity contribution is 7.92. The van der Waals surface area contributed by atoms with E-state index in [2.05, 4.69) is 5.32 Å². The third-order valence-electron chi connectivity index (χ3n) is 8.25. The molecule has 3 aromatic carbocycles. The number of benzene rings is 3. The van der Waals surface area contributed by atoms with Crippen molar-refractivity contribution in [2.24, 2.45) is 0 Å². The van der Waals surface area contributed by atoms with E-state index in [9.17, 15) is 18.0 Å². The first-order valence-electron chi connectivity index (χ1n) is 15.4. The van der Waals surface area contributed by atoms with Gasteiger partial charge in [-0.05, 0) is 73.6 Å². The Bertz CT molecular complexity index is 1520. The molecule has 0 bridgehead atoms. The summed E-state index contributed by atoms with van der Waals surface area (Å²) in [5, 5.41) is 3.23. The Morgan fingerprint density at radius 1 is 0.955 bits per heavy atom. The summed E-state index contributed by atoms with van der Waals surface area (Å²) < 4.78 is 32.5. The quantitative estimate of drug-likeness (QED) is 0.255. The maximum Gasteiger partial charge on any atom is 0.243 e. The summed E-state index contributed by atoms with van der Waals surface area (Å²) in [6.07, 6.45) is 5.98. The number of aryl methyl sites for hydroxylation is 2. The second-order valence-electron chi connectivity index (χ2n) is 11.8. The predicted octanol–water partition coefficient (Wildman–Crippen LogP) is 5.56. The number of hydrogen-bond donors (Lipinski definition) is 1. The minimum absolute atomic E-state index is 0.0862. The molecule has 236 valence electrons. The van der Waals surface area contributed by atoms with Crippen molar-refractivity contribution < 1.29 is 22.7 Å². The lowest BCUT2D eigenvalue weighted by Crippen LogP contribution is -2.52. The van der Waals surface area contributed by atoms with Crippen LogP contribution >= 0.6 is 0 Å². The van der Waals surface area contributed by atoms with Crippen molar-refractivity contribution in [3.05, 3.63) is 95.1 Å². The molecule has 3 aromatic rings. The van der Waals surface area contributed by atoms with Crippen molar-refractivity contribution in [1.29, 1.82) is 0 Å². The molecule has 0 spiro atoms. The van der Waals surface area contributed by atoms with Gasteiger partial charge in [-0.3, -0.25) is 13.9 Å². The third kappa shape index (κ3) is 9.08. The van der Waals surface area contributed by atoms with E-state index < -0.39 is 16.1 Å². The second-order valence-corrected chi connectivity index (χ2v) is 13.7. The lowest BCUT2D eigenvalue weighted by atomic mass is 10.0. The first-order valence-corrected chi connectivity index (χ1v) is 17.2. The molecule has 0 heterocycles. The van der Waals surface area contributed by atoms with Crippen molar-refractivity contribution in [3.8, 4) is 5.75 Å². The number of sulfonamides is 1. The number of anilines is 1. The molecule has 1 atom stereocenters. The average Bonchev–Trinajstić information content (AvgIpc) is 3.51. The van der Waals surface area contributed by atoms with Crippen molar-refractivity contribution in [2.45, 2.75) is 77.4 Å². The monoisotopic (exact) mass is 619 g/mol. The second kappa shape index (κ2) is 15.2. The van der Waals surface area contributed by atoms with E-state index in [1.54, 1.807) is 12.0 Å². The van der Waals surface area contributed by atoms with Crippen LogP contribution in [0.3, 0.4) is 0 Å². The van der Waals surface area contributed by atoms with Crippen molar-refractivity contribution in [2.75, 3.05) is 24.2 Å². The number of nitrogens with one attached hydrogen (secondary N) is 1. The number of rotatable bonds is 14. The van der Waals surface area contributed by atoms with Gasteiger partial charge in [0.15, 0.2) is 0 Å². The smallest absolute Gasteiger partial charge is 0.243 e. The molecular formula is C35H45N3O5S. The van der Waals surface area contributed by atoms with Gasteiger partial charge in [0, 0.05) is 32.0 Å². The van der Waals surface area contributed by atoms with Crippen molar-refractivity contribution in [1.82, 2.24) is 10.2 Å². The lowest BCUT2D eigenvalue weighted by molar-refractivity contribution is -0.141. The molecule has 2 amide bonds. The Hall–Kier alpha value is -3.85. The van der Waals surface area contributed by atoms with Crippen LogP contribution in [0.2, 0.25) is 0 Å². The van der Waals surface area contributed by atoms with Crippen LogP contribution in [0.25, 0.3) is 0 Å². The molecule has 1 aliphatic rings. The first kappa shape index (κ1) is 33.1. The number of ether oxygens (including phenoxy) is 1. The molecule has 1 N–H and O–H groups in total. The summed E-state index contributed by atoms with van der Waals surface area (Å²) >= 11 is 0. The van der Waals surface area contributed by atoms with Gasteiger partial charge in [-0.15, -0.1) is 0 Å². The molecule has 44 heavy (non-hydrogen) atoms. The van der Waals surface area contributed by atoms with Crippen molar-refractivity contribution >= 4 is 27.5 Å². The molecular weight excluding hydrogens is 574 g/mol. The molecule has 9 heteroatoms. The van der Waals surface area contributed by atoms with E-state index in [0.29, 0.717) is 24.3 Å². The van der Waals surface area contributed by atoms with Gasteiger partial charge in [0.05, 0.1) is 19.1 Å². The predicted molar refractivity (Wildman–Crippen MR) is 175 cm³/mol. The maximum absolute atomic E-state index is 14.1. The Morgan fingerprint density at radius 2 is 1.66 bits per heavy atom. The van der Waals surface area contributed by atoms with Crippen LogP contribution in [-0.2, 0) is 32.6 Å². The molecule has 1 fully saturated rings. The van der Waals surface area contributed by atoms with Crippen LogP contribution in [-0.4, -0.2) is 57.1 Å². The van der Waals surface area contributed by atoms with Gasteiger partial charge in [0.25, 0.3) is 0 Å². The Balaban J connectivity index is 1.61. The summed E-state index contributed by atoms with van der Waals surface area (Å²) in [4.78, 5) is 29.7. The number of amides is 2. The Morgan fingerprint density at radius 3 is 2.34 bits per heavy atom. The van der Waals surface area contributed by atoms with Crippen molar-refractivity contribution in [3.63, 3.8) is 0 Å². The van der Waals surface area contributed by atoms with E-state index in [4.69, 9.17) is 4.74 Å². The first-order chi connectivity index (χ1) is 21.0. The molecule has 1 aliphatic carbocycles. The Labute approximate surface area is 262 Å². The molecule has 4 rings (SSSR count). The van der Waals surface area contributed by atoms with Crippen LogP contribution in [0.1, 0.15) is 60.8 Å². The molecule has 1 saturated carbocycles. The van der Waals surface area contributed by atoms with Gasteiger partial charge in [0.2, 0.25) is 21.8 Å². The zero-order chi connectivity index (χ0) is 31.7. The van der Waals surface area contributed by atoms with Gasteiger partial charge in [0.1, 0.15) is 11.8 Å². The topological polar surface area (TPSA) is 96.0 Å². The summed E-state index contributed by atoms with van der Waals surface area (Å²) in [5.74, 6) is 0.303. The fourth-order valence-corrected chi connectivity index (χ4v) is 6.87. The van der Waals surface area contributed by atoms with Gasteiger partial charge >= 0.3 is 0 Å². The number of hydrogen-bond acceptors (Lipinski definition) is 5. The fourth-order valence-electron chi connectivity index (χ4n) is 5.86. The van der Waals surface area contributed by atoms with E-state index in [1.165, 1.54) is 10.6 Å². The van der Waals surface area contributed by atoms with Crippen LogP contribution in [0.15, 0.2) is 72.8 Å². The molecule has 0 aromatic heterocycles. The van der Waals surface area contributed by atoms with E-state index in [-0.39, 0.29) is 37.4 Å². The molecule has 0 saturated heterocycles. The molecule has 1 unspecified atom stereocenters. The highest BCUT2D eigenvalue weighted by Crippen LogP contribution is 2.26. The highest BCUT2D eigenvalue weighted by Gasteiger charge is 2.32. The van der Waals surface area contributed by atoms with Crippen LogP contribution in [0, 0.1) is 13.8 Å². The SMILES string of the molecule is COc1cccc(CN(C(=O)CCCN(c2cc(C)ccc2C)S(C)(=O)=O)C(Cc2ccccc2)C(=O)NC2CCCC2)c1. The largest absolute Gasteiger partial charge is 0.497 e. The van der Waals surface area contributed by atoms with Crippen LogP contribution in [0.5, 0.6) is 5.75 Å². The zero-order valence-corrected chi connectivity index (χ0v) is 27.1. The lowest BCUT2D eigenvalue weighted by Gasteiger charge is -2.33. The molecule has 8 nitrogen and oxygen atoms in total. The maximum atomic E-state index is 14.1. The number of carbonyl (C=O) groups is 2. The average molecular weight is 620 g/mol. The molecule has 0 aliphatic heterocycles. The summed E-state index contributed by atoms with van der Waals surface area (Å²) in [6, 6.07) is 22.3. The zero-order valence-electron chi connectivity index (χ0n) is 26.3. The third-order valence-corrected chi connectivity index (χ3v) is 9.43. The number of carbonyl (C=O) groups excluding carboxylic acids is 2. The van der Waals surface area contributed by atoms with E-state index >= 15 is 0 Å². The van der Waals surface area contributed by atoms with E-state index in [1.807, 2.05) is 86.6 Å². The van der Waals surface area contributed by atoms with Crippen LogP contribution < -0.4 is 14.4 Å². The summed E-state index contributed by atoms with van der Waals surface area (Å²) in [6.45, 7) is 4.18. The van der Waals surface area contributed by atoms with Gasteiger partial charge in [-0.1, -0.05) is 67.4 Å².